The molecule has 90 valence electrons. The SMILES string of the molecule is COc1cc(/C=C/C(=O)Cl)ccc1CC(=O)O. The Morgan fingerprint density at radius 2 is 2.18 bits per heavy atom. The molecule has 4 nitrogen and oxygen atoms in total. The lowest BCUT2D eigenvalue weighted by molar-refractivity contribution is -0.136. The highest BCUT2D eigenvalue weighted by molar-refractivity contribution is 6.66. The summed E-state index contributed by atoms with van der Waals surface area (Å²) in [6, 6.07) is 4.98. The molecule has 0 aliphatic heterocycles. The molecule has 0 radical (unpaired) electrons. The van der Waals surface area contributed by atoms with E-state index < -0.39 is 11.2 Å². The predicted molar refractivity (Wildman–Crippen MR) is 64.2 cm³/mol. The summed E-state index contributed by atoms with van der Waals surface area (Å²) >= 11 is 5.17. The van der Waals surface area contributed by atoms with Gasteiger partial charge < -0.3 is 9.84 Å². The second kappa shape index (κ2) is 6.06. The first-order valence-corrected chi connectivity index (χ1v) is 5.17. The second-order valence-electron chi connectivity index (χ2n) is 3.28. The zero-order valence-corrected chi connectivity index (χ0v) is 9.90. The van der Waals surface area contributed by atoms with Gasteiger partial charge in [0.15, 0.2) is 0 Å². The van der Waals surface area contributed by atoms with Gasteiger partial charge in [0, 0.05) is 5.56 Å². The van der Waals surface area contributed by atoms with E-state index in [9.17, 15) is 9.59 Å². The van der Waals surface area contributed by atoms with Gasteiger partial charge in [-0.3, -0.25) is 9.59 Å². The third kappa shape index (κ3) is 4.28. The Bertz CT molecular complexity index is 466. The van der Waals surface area contributed by atoms with Crippen molar-refractivity contribution in [1.29, 1.82) is 0 Å². The lowest BCUT2D eigenvalue weighted by Crippen LogP contribution is -2.02. The zero-order chi connectivity index (χ0) is 12.8. The Kier molecular flexibility index (Phi) is 4.72. The molecule has 0 bridgehead atoms. The van der Waals surface area contributed by atoms with E-state index in [0.29, 0.717) is 16.9 Å². The number of ether oxygens (including phenoxy) is 1. The smallest absolute Gasteiger partial charge is 0.307 e. The van der Waals surface area contributed by atoms with Crippen LogP contribution in [0.5, 0.6) is 5.75 Å². The quantitative estimate of drug-likeness (QED) is 0.646. The summed E-state index contributed by atoms with van der Waals surface area (Å²) in [7, 11) is 1.46. The van der Waals surface area contributed by atoms with Crippen LogP contribution in [-0.2, 0) is 16.0 Å². The molecule has 0 aliphatic rings. The number of carbonyl (C=O) groups excluding carboxylic acids is 1. The van der Waals surface area contributed by atoms with Crippen molar-refractivity contribution >= 4 is 28.9 Å². The molecule has 1 N–H and O–H groups in total. The normalized spacial score (nSPS) is 10.5. The first kappa shape index (κ1) is 13.3. The average Bonchev–Trinajstić information content (AvgIpc) is 2.26. The first-order chi connectivity index (χ1) is 8.02. The molecule has 0 fully saturated rings. The summed E-state index contributed by atoms with van der Waals surface area (Å²) in [6.45, 7) is 0. The lowest BCUT2D eigenvalue weighted by Gasteiger charge is -2.07. The van der Waals surface area contributed by atoms with Crippen LogP contribution < -0.4 is 4.74 Å². The highest BCUT2D eigenvalue weighted by atomic mass is 35.5. The van der Waals surface area contributed by atoms with E-state index in [1.165, 1.54) is 19.3 Å². The number of carboxylic acids is 1. The minimum absolute atomic E-state index is 0.110. The largest absolute Gasteiger partial charge is 0.496 e. The lowest BCUT2D eigenvalue weighted by atomic mass is 10.1. The topological polar surface area (TPSA) is 63.6 Å². The summed E-state index contributed by atoms with van der Waals surface area (Å²) in [6.07, 6.45) is 2.64. The van der Waals surface area contributed by atoms with Crippen molar-refractivity contribution in [3.63, 3.8) is 0 Å². The van der Waals surface area contributed by atoms with Crippen LogP contribution in [0, 0.1) is 0 Å². The van der Waals surface area contributed by atoms with E-state index in [0.717, 1.165) is 0 Å². The fourth-order valence-corrected chi connectivity index (χ4v) is 1.40. The van der Waals surface area contributed by atoms with E-state index in [1.807, 2.05) is 0 Å². The molecule has 0 atom stereocenters. The number of allylic oxidation sites excluding steroid dienone is 1. The van der Waals surface area contributed by atoms with E-state index >= 15 is 0 Å². The van der Waals surface area contributed by atoms with E-state index in [2.05, 4.69) is 0 Å². The molecule has 17 heavy (non-hydrogen) atoms. The minimum Gasteiger partial charge on any atom is -0.496 e. The number of aliphatic carboxylic acids is 1. The van der Waals surface area contributed by atoms with Crippen LogP contribution in [0.25, 0.3) is 6.08 Å². The van der Waals surface area contributed by atoms with Crippen molar-refractivity contribution in [2.75, 3.05) is 7.11 Å². The summed E-state index contributed by atoms with van der Waals surface area (Å²) in [5, 5.41) is 8.13. The molecule has 0 saturated heterocycles. The zero-order valence-electron chi connectivity index (χ0n) is 9.14. The number of hydrogen-bond acceptors (Lipinski definition) is 3. The maximum Gasteiger partial charge on any atom is 0.307 e. The molecule has 5 heteroatoms. The average molecular weight is 255 g/mol. The van der Waals surface area contributed by atoms with Gasteiger partial charge in [0.05, 0.1) is 13.5 Å². The molecule has 0 spiro atoms. The number of halogens is 1. The van der Waals surface area contributed by atoms with Gasteiger partial charge in [-0.1, -0.05) is 18.2 Å². The van der Waals surface area contributed by atoms with Crippen LogP contribution in [-0.4, -0.2) is 23.4 Å². The summed E-state index contributed by atoms with van der Waals surface area (Å²) in [5.41, 5.74) is 1.29. The number of carboxylic acid groups (broad SMARTS) is 1. The predicted octanol–water partition coefficient (Wildman–Crippen LogP) is 2.10. The molecule has 0 heterocycles. The number of rotatable bonds is 5. The van der Waals surface area contributed by atoms with Gasteiger partial charge >= 0.3 is 5.97 Å². The summed E-state index contributed by atoms with van der Waals surface area (Å²) < 4.78 is 5.08. The summed E-state index contributed by atoms with van der Waals surface area (Å²) in [4.78, 5) is 21.2. The molecular weight excluding hydrogens is 244 g/mol. The van der Waals surface area contributed by atoms with Crippen molar-refractivity contribution in [2.24, 2.45) is 0 Å². The third-order valence-corrected chi connectivity index (χ3v) is 2.19. The van der Waals surface area contributed by atoms with Crippen LogP contribution >= 0.6 is 11.6 Å². The van der Waals surface area contributed by atoms with E-state index in [1.54, 1.807) is 18.2 Å². The Hall–Kier alpha value is -1.81. The van der Waals surface area contributed by atoms with E-state index in [-0.39, 0.29) is 6.42 Å². The van der Waals surface area contributed by atoms with Crippen molar-refractivity contribution in [2.45, 2.75) is 6.42 Å². The number of benzene rings is 1. The maximum absolute atomic E-state index is 10.6. The molecule has 1 aromatic carbocycles. The Morgan fingerprint density at radius 1 is 1.47 bits per heavy atom. The molecule has 0 aliphatic carbocycles. The van der Waals surface area contributed by atoms with Crippen molar-refractivity contribution in [3.05, 3.63) is 35.4 Å². The molecule has 0 aromatic heterocycles. The number of methoxy groups -OCH3 is 1. The molecule has 1 aromatic rings. The van der Waals surface area contributed by atoms with Gasteiger partial charge in [-0.25, -0.2) is 0 Å². The standard InChI is InChI=1S/C12H11ClO4/c1-17-10-6-8(3-5-11(13)14)2-4-9(10)7-12(15)16/h2-6H,7H2,1H3,(H,15,16)/b5-3+. The Morgan fingerprint density at radius 3 is 2.71 bits per heavy atom. The number of carbonyl (C=O) groups is 2. The fraction of sp³-hybridized carbons (Fsp3) is 0.167. The minimum atomic E-state index is -0.928. The van der Waals surface area contributed by atoms with Crippen LogP contribution in [0.3, 0.4) is 0 Å². The monoisotopic (exact) mass is 254 g/mol. The van der Waals surface area contributed by atoms with Crippen molar-refractivity contribution in [1.82, 2.24) is 0 Å². The highest BCUT2D eigenvalue weighted by Gasteiger charge is 2.07. The fourth-order valence-electron chi connectivity index (χ4n) is 1.34. The van der Waals surface area contributed by atoms with Crippen molar-refractivity contribution in [3.8, 4) is 5.75 Å². The molecule has 1 rings (SSSR count). The van der Waals surface area contributed by atoms with Gasteiger partial charge in [0.1, 0.15) is 5.75 Å². The molecular formula is C12H11ClO4. The molecule has 0 unspecified atom stereocenters. The summed E-state index contributed by atoms with van der Waals surface area (Å²) in [5.74, 6) is -0.459. The Labute approximate surface area is 103 Å². The second-order valence-corrected chi connectivity index (χ2v) is 3.65. The van der Waals surface area contributed by atoms with Gasteiger partial charge in [-0.15, -0.1) is 0 Å². The highest BCUT2D eigenvalue weighted by Crippen LogP contribution is 2.21. The Balaban J connectivity index is 2.99. The van der Waals surface area contributed by atoms with Gasteiger partial charge in [-0.05, 0) is 29.3 Å². The van der Waals surface area contributed by atoms with E-state index in [4.69, 9.17) is 21.4 Å². The van der Waals surface area contributed by atoms with Crippen LogP contribution in [0.1, 0.15) is 11.1 Å². The molecule has 0 amide bonds. The van der Waals surface area contributed by atoms with Crippen molar-refractivity contribution < 1.29 is 19.4 Å². The first-order valence-electron chi connectivity index (χ1n) is 4.79. The van der Waals surface area contributed by atoms with Crippen LogP contribution in [0.15, 0.2) is 24.3 Å². The van der Waals surface area contributed by atoms with Gasteiger partial charge in [-0.2, -0.15) is 0 Å². The maximum atomic E-state index is 10.6. The molecule has 0 saturated carbocycles. The third-order valence-electron chi connectivity index (χ3n) is 2.06. The number of hydrogen-bond donors (Lipinski definition) is 1. The van der Waals surface area contributed by atoms with Crippen LogP contribution in [0.4, 0.5) is 0 Å². The van der Waals surface area contributed by atoms with Gasteiger partial charge in [0.2, 0.25) is 5.24 Å². The van der Waals surface area contributed by atoms with Gasteiger partial charge in [0.25, 0.3) is 0 Å². The van der Waals surface area contributed by atoms with Crippen LogP contribution in [0.2, 0.25) is 0 Å².